The lowest BCUT2D eigenvalue weighted by Gasteiger charge is -2.08. The van der Waals surface area contributed by atoms with Crippen molar-refractivity contribution in [3.05, 3.63) is 17.6 Å². The number of nitrogens with one attached hydrogen (secondary N) is 2. The van der Waals surface area contributed by atoms with Crippen molar-refractivity contribution in [1.82, 2.24) is 15.3 Å². The highest BCUT2D eigenvalue weighted by atomic mass is 15.0. The van der Waals surface area contributed by atoms with Gasteiger partial charge < -0.3 is 10.6 Å². The number of aromatic nitrogens is 2. The van der Waals surface area contributed by atoms with E-state index in [0.29, 0.717) is 0 Å². The van der Waals surface area contributed by atoms with Gasteiger partial charge in [-0.15, -0.1) is 0 Å². The second kappa shape index (κ2) is 7.17. The molecular formula is C12H22N4. The minimum atomic E-state index is 0.836. The third-order valence-electron chi connectivity index (χ3n) is 2.29. The number of aryl methyl sites for hydroxylation is 2. The standard InChI is InChI=1S/C12H22N4/c1-4-6-13-7-8-14-12-9-11(5-2)15-10(3)16-12/h9,13H,4-8H2,1-3H3,(H,14,15,16). The van der Waals surface area contributed by atoms with E-state index in [2.05, 4.69) is 34.4 Å². The molecule has 1 aromatic rings. The molecule has 0 aliphatic heterocycles. The number of nitrogens with zero attached hydrogens (tertiary/aromatic N) is 2. The summed E-state index contributed by atoms with van der Waals surface area (Å²) in [6.45, 7) is 9.15. The highest BCUT2D eigenvalue weighted by molar-refractivity contribution is 5.35. The van der Waals surface area contributed by atoms with Crippen LogP contribution in [0.3, 0.4) is 0 Å². The van der Waals surface area contributed by atoms with Crippen LogP contribution in [0.15, 0.2) is 6.07 Å². The predicted molar refractivity (Wildman–Crippen MR) is 67.8 cm³/mol. The Morgan fingerprint density at radius 3 is 2.62 bits per heavy atom. The van der Waals surface area contributed by atoms with Crippen LogP contribution in [0.2, 0.25) is 0 Å². The van der Waals surface area contributed by atoms with Gasteiger partial charge in [0.15, 0.2) is 0 Å². The maximum Gasteiger partial charge on any atom is 0.129 e. The molecule has 4 heteroatoms. The Morgan fingerprint density at radius 1 is 1.12 bits per heavy atom. The van der Waals surface area contributed by atoms with Gasteiger partial charge in [-0.3, -0.25) is 0 Å². The fourth-order valence-corrected chi connectivity index (χ4v) is 1.48. The van der Waals surface area contributed by atoms with E-state index < -0.39 is 0 Å². The minimum absolute atomic E-state index is 0.836. The smallest absolute Gasteiger partial charge is 0.129 e. The van der Waals surface area contributed by atoms with Crippen LogP contribution in [0.25, 0.3) is 0 Å². The lowest BCUT2D eigenvalue weighted by molar-refractivity contribution is 0.687. The van der Waals surface area contributed by atoms with Gasteiger partial charge in [-0.1, -0.05) is 13.8 Å². The van der Waals surface area contributed by atoms with Gasteiger partial charge in [0.1, 0.15) is 11.6 Å². The molecule has 16 heavy (non-hydrogen) atoms. The number of rotatable bonds is 7. The molecule has 0 amide bonds. The molecular weight excluding hydrogens is 200 g/mol. The van der Waals surface area contributed by atoms with Crippen molar-refractivity contribution in [1.29, 1.82) is 0 Å². The summed E-state index contributed by atoms with van der Waals surface area (Å²) in [5, 5.41) is 6.65. The first-order valence-corrected chi connectivity index (χ1v) is 6.05. The van der Waals surface area contributed by atoms with Crippen molar-refractivity contribution < 1.29 is 0 Å². The first kappa shape index (κ1) is 12.9. The van der Waals surface area contributed by atoms with Crippen molar-refractivity contribution in [3.63, 3.8) is 0 Å². The van der Waals surface area contributed by atoms with Crippen LogP contribution in [-0.4, -0.2) is 29.6 Å². The monoisotopic (exact) mass is 222 g/mol. The Bertz CT molecular complexity index is 312. The van der Waals surface area contributed by atoms with Crippen molar-refractivity contribution in [2.24, 2.45) is 0 Å². The Kier molecular flexibility index (Phi) is 5.78. The first-order chi connectivity index (χ1) is 7.76. The third kappa shape index (κ3) is 4.57. The van der Waals surface area contributed by atoms with Gasteiger partial charge in [-0.25, -0.2) is 9.97 Å². The normalized spacial score (nSPS) is 10.4. The van der Waals surface area contributed by atoms with Gasteiger partial charge in [-0.2, -0.15) is 0 Å². The van der Waals surface area contributed by atoms with Crippen LogP contribution in [0.1, 0.15) is 31.8 Å². The number of anilines is 1. The van der Waals surface area contributed by atoms with Crippen LogP contribution >= 0.6 is 0 Å². The van der Waals surface area contributed by atoms with E-state index in [1.54, 1.807) is 0 Å². The van der Waals surface area contributed by atoms with Gasteiger partial charge in [0, 0.05) is 24.8 Å². The zero-order chi connectivity index (χ0) is 11.8. The predicted octanol–water partition coefficient (Wildman–Crippen LogP) is 1.76. The van der Waals surface area contributed by atoms with Crippen LogP contribution in [0.4, 0.5) is 5.82 Å². The van der Waals surface area contributed by atoms with E-state index in [-0.39, 0.29) is 0 Å². The largest absolute Gasteiger partial charge is 0.369 e. The zero-order valence-electron chi connectivity index (χ0n) is 10.5. The summed E-state index contributed by atoms with van der Waals surface area (Å²) >= 11 is 0. The van der Waals surface area contributed by atoms with Crippen LogP contribution in [0.5, 0.6) is 0 Å². The quantitative estimate of drug-likeness (QED) is 0.690. The first-order valence-electron chi connectivity index (χ1n) is 6.05. The molecule has 0 aromatic carbocycles. The molecule has 4 nitrogen and oxygen atoms in total. The highest BCUT2D eigenvalue weighted by Crippen LogP contribution is 2.06. The summed E-state index contributed by atoms with van der Waals surface area (Å²) in [5.74, 6) is 1.77. The van der Waals surface area contributed by atoms with Gasteiger partial charge >= 0.3 is 0 Å². The molecule has 2 N–H and O–H groups in total. The topological polar surface area (TPSA) is 49.8 Å². The average molecular weight is 222 g/mol. The molecule has 0 aliphatic carbocycles. The van der Waals surface area contributed by atoms with Gasteiger partial charge in [0.25, 0.3) is 0 Å². The summed E-state index contributed by atoms with van der Waals surface area (Å²) in [6, 6.07) is 2.02. The maximum absolute atomic E-state index is 4.35. The van der Waals surface area contributed by atoms with E-state index in [4.69, 9.17) is 0 Å². The van der Waals surface area contributed by atoms with Crippen LogP contribution in [-0.2, 0) is 6.42 Å². The molecule has 0 unspecified atom stereocenters. The van der Waals surface area contributed by atoms with E-state index in [9.17, 15) is 0 Å². The van der Waals surface area contributed by atoms with Crippen LogP contribution < -0.4 is 10.6 Å². The fraction of sp³-hybridized carbons (Fsp3) is 0.667. The summed E-state index contributed by atoms with van der Waals surface area (Å²) in [5.41, 5.74) is 1.09. The van der Waals surface area contributed by atoms with Gasteiger partial charge in [0.2, 0.25) is 0 Å². The number of hydrogen-bond acceptors (Lipinski definition) is 4. The molecule has 1 heterocycles. The molecule has 0 saturated heterocycles. The maximum atomic E-state index is 4.35. The van der Waals surface area contributed by atoms with Gasteiger partial charge in [-0.05, 0) is 26.3 Å². The van der Waals surface area contributed by atoms with E-state index in [1.165, 1.54) is 6.42 Å². The second-order valence-electron chi connectivity index (χ2n) is 3.82. The van der Waals surface area contributed by atoms with E-state index in [1.807, 2.05) is 13.0 Å². The van der Waals surface area contributed by atoms with Crippen molar-refractivity contribution in [2.45, 2.75) is 33.6 Å². The molecule has 1 rings (SSSR count). The molecule has 0 atom stereocenters. The molecule has 90 valence electrons. The van der Waals surface area contributed by atoms with Crippen molar-refractivity contribution >= 4 is 5.82 Å². The third-order valence-corrected chi connectivity index (χ3v) is 2.29. The number of hydrogen-bond donors (Lipinski definition) is 2. The van der Waals surface area contributed by atoms with Crippen LogP contribution in [0, 0.1) is 6.92 Å². The molecule has 0 fully saturated rings. The van der Waals surface area contributed by atoms with Crippen molar-refractivity contribution in [2.75, 3.05) is 25.0 Å². The molecule has 0 bridgehead atoms. The van der Waals surface area contributed by atoms with Crippen molar-refractivity contribution in [3.8, 4) is 0 Å². The SMILES string of the molecule is CCCNCCNc1cc(CC)nc(C)n1. The van der Waals surface area contributed by atoms with E-state index >= 15 is 0 Å². The fourth-order valence-electron chi connectivity index (χ4n) is 1.48. The Hall–Kier alpha value is -1.16. The Balaban J connectivity index is 2.38. The Labute approximate surface area is 97.9 Å². The summed E-state index contributed by atoms with van der Waals surface area (Å²) in [7, 11) is 0. The summed E-state index contributed by atoms with van der Waals surface area (Å²) < 4.78 is 0. The van der Waals surface area contributed by atoms with Gasteiger partial charge in [0.05, 0.1) is 0 Å². The minimum Gasteiger partial charge on any atom is -0.369 e. The second-order valence-corrected chi connectivity index (χ2v) is 3.82. The zero-order valence-corrected chi connectivity index (χ0v) is 10.5. The molecule has 0 radical (unpaired) electrons. The molecule has 0 spiro atoms. The molecule has 0 aliphatic rings. The lowest BCUT2D eigenvalue weighted by atomic mass is 10.3. The Morgan fingerprint density at radius 2 is 1.94 bits per heavy atom. The van der Waals surface area contributed by atoms with E-state index in [0.717, 1.165) is 43.4 Å². The average Bonchev–Trinajstić information content (AvgIpc) is 2.28. The summed E-state index contributed by atoms with van der Waals surface area (Å²) in [4.78, 5) is 8.69. The summed E-state index contributed by atoms with van der Waals surface area (Å²) in [6.07, 6.45) is 2.12. The highest BCUT2D eigenvalue weighted by Gasteiger charge is 1.99. The molecule has 1 aromatic heterocycles. The molecule has 0 saturated carbocycles. The lowest BCUT2D eigenvalue weighted by Crippen LogP contribution is -2.23.